The fourth-order valence-electron chi connectivity index (χ4n) is 3.14. The molecule has 1 amide bonds. The van der Waals surface area contributed by atoms with Gasteiger partial charge in [-0.15, -0.1) is 0 Å². The third-order valence-electron chi connectivity index (χ3n) is 5.04. The van der Waals surface area contributed by atoms with Crippen LogP contribution < -0.4 is 26.6 Å². The Morgan fingerprint density at radius 2 is 1.85 bits per heavy atom. The van der Waals surface area contributed by atoms with Crippen molar-refractivity contribution < 1.29 is 23.8 Å². The summed E-state index contributed by atoms with van der Waals surface area (Å²) in [5.74, 6) is -1.07. The number of aryl methyl sites for hydroxylation is 2. The number of esters is 1. The number of rotatable bonds is 11. The number of hydrogen-bond donors (Lipinski definition) is 2. The van der Waals surface area contributed by atoms with E-state index >= 15 is 0 Å². The maximum atomic E-state index is 12.9. The predicted octanol–water partition coefficient (Wildman–Crippen LogP) is 0.993. The zero-order valence-corrected chi connectivity index (χ0v) is 20.2. The van der Waals surface area contributed by atoms with Gasteiger partial charge in [-0.1, -0.05) is 19.9 Å². The Labute approximate surface area is 197 Å². The summed E-state index contributed by atoms with van der Waals surface area (Å²) < 4.78 is 16.7. The SMILES string of the molecule is COCCN(C(=O)COC(=O)COc1ccc(C)c(C)c1)c1c(N)n(CC(C)C)c(=O)[nH]c1=O. The molecule has 11 heteroatoms. The summed E-state index contributed by atoms with van der Waals surface area (Å²) in [6, 6.07) is 5.39. The first-order valence-corrected chi connectivity index (χ1v) is 10.8. The fourth-order valence-corrected chi connectivity index (χ4v) is 3.14. The highest BCUT2D eigenvalue weighted by Gasteiger charge is 2.25. The van der Waals surface area contributed by atoms with Crippen LogP contribution >= 0.6 is 0 Å². The number of nitrogens with two attached hydrogens (primary N) is 1. The number of aromatic amines is 1. The van der Waals surface area contributed by atoms with Crippen LogP contribution in [0.25, 0.3) is 0 Å². The Morgan fingerprint density at radius 3 is 2.47 bits per heavy atom. The molecule has 186 valence electrons. The van der Waals surface area contributed by atoms with E-state index in [0.29, 0.717) is 5.75 Å². The number of benzene rings is 1. The van der Waals surface area contributed by atoms with Crippen LogP contribution in [0.15, 0.2) is 27.8 Å². The quantitative estimate of drug-likeness (QED) is 0.457. The number of H-pyrrole nitrogens is 1. The van der Waals surface area contributed by atoms with E-state index < -0.39 is 36.3 Å². The van der Waals surface area contributed by atoms with Gasteiger partial charge < -0.3 is 19.9 Å². The van der Waals surface area contributed by atoms with Gasteiger partial charge in [-0.05, 0) is 43.0 Å². The molecule has 1 heterocycles. The minimum absolute atomic E-state index is 0.0425. The first-order chi connectivity index (χ1) is 16.0. The average Bonchev–Trinajstić information content (AvgIpc) is 2.77. The number of carbonyl (C=O) groups excluding carboxylic acids is 2. The van der Waals surface area contributed by atoms with Crippen molar-refractivity contribution in [3.05, 3.63) is 50.2 Å². The number of amides is 1. The monoisotopic (exact) mass is 476 g/mol. The van der Waals surface area contributed by atoms with E-state index in [9.17, 15) is 19.2 Å². The third kappa shape index (κ3) is 6.95. The van der Waals surface area contributed by atoms with Gasteiger partial charge in [0.05, 0.1) is 6.61 Å². The van der Waals surface area contributed by atoms with Gasteiger partial charge in [0.25, 0.3) is 11.5 Å². The second-order valence-electron chi connectivity index (χ2n) is 8.23. The van der Waals surface area contributed by atoms with Crippen molar-refractivity contribution in [2.75, 3.05) is 44.1 Å². The standard InChI is InChI=1S/C23H32N4O7/c1-14(2)11-27-21(24)20(22(30)25-23(27)31)26(8-9-32-5)18(28)12-34-19(29)13-33-17-7-6-15(3)16(4)10-17/h6-7,10,14H,8-9,11-13,24H2,1-5H3,(H,25,30,31). The maximum absolute atomic E-state index is 12.9. The molecule has 1 aromatic heterocycles. The van der Waals surface area contributed by atoms with Crippen LogP contribution in [0.3, 0.4) is 0 Å². The highest BCUT2D eigenvalue weighted by atomic mass is 16.6. The summed E-state index contributed by atoms with van der Waals surface area (Å²) in [6.45, 7) is 6.87. The van der Waals surface area contributed by atoms with Gasteiger partial charge >= 0.3 is 11.7 Å². The lowest BCUT2D eigenvalue weighted by atomic mass is 10.1. The first-order valence-electron chi connectivity index (χ1n) is 10.8. The molecule has 0 bridgehead atoms. The Balaban J connectivity index is 2.15. The van der Waals surface area contributed by atoms with Gasteiger partial charge in [0.1, 0.15) is 11.6 Å². The van der Waals surface area contributed by atoms with E-state index in [0.717, 1.165) is 16.0 Å². The molecule has 1 aromatic carbocycles. The number of nitrogens with one attached hydrogen (secondary N) is 1. The molecular weight excluding hydrogens is 444 g/mol. The van der Waals surface area contributed by atoms with Gasteiger partial charge in [0.15, 0.2) is 18.9 Å². The molecule has 3 N–H and O–H groups in total. The smallest absolute Gasteiger partial charge is 0.344 e. The van der Waals surface area contributed by atoms with E-state index in [1.54, 1.807) is 12.1 Å². The van der Waals surface area contributed by atoms with E-state index in [-0.39, 0.29) is 37.1 Å². The lowest BCUT2D eigenvalue weighted by Gasteiger charge is -2.24. The minimum Gasteiger partial charge on any atom is -0.482 e. The van der Waals surface area contributed by atoms with E-state index in [2.05, 4.69) is 4.98 Å². The van der Waals surface area contributed by atoms with Crippen molar-refractivity contribution >= 4 is 23.4 Å². The van der Waals surface area contributed by atoms with Crippen LogP contribution in [0.1, 0.15) is 25.0 Å². The summed E-state index contributed by atoms with van der Waals surface area (Å²) in [6.07, 6.45) is 0. The van der Waals surface area contributed by atoms with Crippen LogP contribution in [0.2, 0.25) is 0 Å². The topological polar surface area (TPSA) is 146 Å². The minimum atomic E-state index is -0.823. The number of anilines is 2. The third-order valence-corrected chi connectivity index (χ3v) is 5.04. The summed E-state index contributed by atoms with van der Waals surface area (Å²) >= 11 is 0. The summed E-state index contributed by atoms with van der Waals surface area (Å²) in [5, 5.41) is 0. The van der Waals surface area contributed by atoms with Crippen LogP contribution in [-0.2, 0) is 25.6 Å². The zero-order chi connectivity index (χ0) is 25.4. The Bertz CT molecular complexity index is 1140. The number of carbonyl (C=O) groups is 2. The van der Waals surface area contributed by atoms with Gasteiger partial charge in [-0.2, -0.15) is 0 Å². The van der Waals surface area contributed by atoms with Crippen molar-refractivity contribution in [3.63, 3.8) is 0 Å². The first kappa shape index (κ1) is 26.7. The molecule has 0 aliphatic rings. The fraction of sp³-hybridized carbons (Fsp3) is 0.478. The van der Waals surface area contributed by atoms with Crippen molar-refractivity contribution in [3.8, 4) is 5.75 Å². The number of methoxy groups -OCH3 is 1. The van der Waals surface area contributed by atoms with Gasteiger partial charge in [0.2, 0.25) is 0 Å². The van der Waals surface area contributed by atoms with Gasteiger partial charge in [-0.3, -0.25) is 24.0 Å². The zero-order valence-electron chi connectivity index (χ0n) is 20.2. The van der Waals surface area contributed by atoms with Crippen molar-refractivity contribution in [1.29, 1.82) is 0 Å². The molecule has 11 nitrogen and oxygen atoms in total. The highest BCUT2D eigenvalue weighted by molar-refractivity contribution is 5.97. The largest absolute Gasteiger partial charge is 0.482 e. The predicted molar refractivity (Wildman–Crippen MR) is 127 cm³/mol. The van der Waals surface area contributed by atoms with Crippen LogP contribution in [0.5, 0.6) is 5.75 Å². The van der Waals surface area contributed by atoms with Crippen molar-refractivity contribution in [2.45, 2.75) is 34.2 Å². The van der Waals surface area contributed by atoms with E-state index in [1.807, 2.05) is 33.8 Å². The van der Waals surface area contributed by atoms with Crippen LogP contribution in [0.4, 0.5) is 11.5 Å². The number of ether oxygens (including phenoxy) is 3. The molecule has 34 heavy (non-hydrogen) atoms. The van der Waals surface area contributed by atoms with Crippen molar-refractivity contribution in [2.24, 2.45) is 5.92 Å². The Kier molecular flexibility index (Phi) is 9.43. The molecule has 2 aromatic rings. The Morgan fingerprint density at radius 1 is 1.15 bits per heavy atom. The van der Waals surface area contributed by atoms with E-state index in [1.165, 1.54) is 11.7 Å². The maximum Gasteiger partial charge on any atom is 0.344 e. The molecule has 0 radical (unpaired) electrons. The molecule has 0 spiro atoms. The Hall–Kier alpha value is -3.60. The lowest BCUT2D eigenvalue weighted by molar-refractivity contribution is -0.149. The second-order valence-corrected chi connectivity index (χ2v) is 8.23. The lowest BCUT2D eigenvalue weighted by Crippen LogP contribution is -2.44. The molecule has 0 atom stereocenters. The van der Waals surface area contributed by atoms with Gasteiger partial charge in [-0.25, -0.2) is 9.59 Å². The van der Waals surface area contributed by atoms with Crippen molar-refractivity contribution in [1.82, 2.24) is 9.55 Å². The number of nitrogen functional groups attached to an aromatic ring is 1. The molecule has 0 fully saturated rings. The number of nitrogens with zero attached hydrogens (tertiary/aromatic N) is 2. The van der Waals surface area contributed by atoms with E-state index in [4.69, 9.17) is 19.9 Å². The average molecular weight is 477 g/mol. The second kappa shape index (κ2) is 12.0. The summed E-state index contributed by atoms with van der Waals surface area (Å²) in [4.78, 5) is 53.0. The molecular formula is C23H32N4O7. The molecule has 0 unspecified atom stereocenters. The molecule has 0 aliphatic carbocycles. The summed E-state index contributed by atoms with van der Waals surface area (Å²) in [5.41, 5.74) is 6.52. The van der Waals surface area contributed by atoms with Crippen LogP contribution in [-0.4, -0.2) is 54.9 Å². The van der Waals surface area contributed by atoms with Gasteiger partial charge in [0, 0.05) is 20.2 Å². The number of hydrogen-bond acceptors (Lipinski definition) is 8. The molecule has 2 rings (SSSR count). The number of aromatic nitrogens is 2. The molecule has 0 saturated carbocycles. The normalized spacial score (nSPS) is 10.9. The van der Waals surface area contributed by atoms with Crippen LogP contribution in [0, 0.1) is 19.8 Å². The summed E-state index contributed by atoms with van der Waals surface area (Å²) in [7, 11) is 1.43. The molecule has 0 aliphatic heterocycles. The molecule has 0 saturated heterocycles. The highest BCUT2D eigenvalue weighted by Crippen LogP contribution is 2.18.